The van der Waals surface area contributed by atoms with Gasteiger partial charge in [0.05, 0.1) is 25.4 Å². The predicted octanol–water partition coefficient (Wildman–Crippen LogP) is 1.81. The van der Waals surface area contributed by atoms with Crippen molar-refractivity contribution in [2.24, 2.45) is 17.3 Å². The fourth-order valence-corrected chi connectivity index (χ4v) is 4.50. The summed E-state index contributed by atoms with van der Waals surface area (Å²) in [5.41, 5.74) is 1.88. The normalized spacial score (nSPS) is 35.6. The second-order valence-corrected chi connectivity index (χ2v) is 8.05. The smallest absolute Gasteiger partial charge is 0.0900 e. The molecule has 0 aromatic rings. The number of ether oxygens (including phenoxy) is 1. The summed E-state index contributed by atoms with van der Waals surface area (Å²) in [5, 5.41) is 19.8. The summed E-state index contributed by atoms with van der Waals surface area (Å²) in [6.45, 7) is 8.05. The van der Waals surface area contributed by atoms with E-state index in [1.165, 1.54) is 18.4 Å². The molecule has 2 N–H and O–H groups in total. The van der Waals surface area contributed by atoms with Crippen LogP contribution in [0.15, 0.2) is 11.6 Å². The molecule has 4 rings (SSSR count). The molecule has 22 heavy (non-hydrogen) atoms. The van der Waals surface area contributed by atoms with Crippen LogP contribution in [-0.2, 0) is 4.74 Å². The molecule has 3 aliphatic carbocycles. The number of allylic oxidation sites excluding steroid dienone is 1. The quantitative estimate of drug-likeness (QED) is 0.735. The number of hydrogen-bond donors (Lipinski definition) is 2. The number of aliphatic hydroxyl groups excluding tert-OH is 2. The van der Waals surface area contributed by atoms with Crippen LogP contribution in [0.4, 0.5) is 0 Å². The molecular formula is C18H31NO3. The van der Waals surface area contributed by atoms with Crippen molar-refractivity contribution >= 4 is 0 Å². The first-order chi connectivity index (χ1) is 10.5. The highest BCUT2D eigenvalue weighted by Gasteiger charge is 2.50. The molecule has 4 aliphatic rings. The van der Waals surface area contributed by atoms with E-state index in [9.17, 15) is 10.2 Å². The van der Waals surface area contributed by atoms with E-state index in [2.05, 4.69) is 24.8 Å². The molecule has 4 nitrogen and oxygen atoms in total. The van der Waals surface area contributed by atoms with E-state index in [1.807, 2.05) is 0 Å². The van der Waals surface area contributed by atoms with Crippen LogP contribution >= 0.6 is 0 Å². The SMILES string of the molecule is CC1(C)C2CC=C(COCC(O)CN3CCCC(O)C3)C1C2. The van der Waals surface area contributed by atoms with Crippen LogP contribution in [0.5, 0.6) is 0 Å². The molecule has 4 unspecified atom stereocenters. The number of hydrogen-bond acceptors (Lipinski definition) is 4. The molecular weight excluding hydrogens is 278 g/mol. The second-order valence-electron chi connectivity index (χ2n) is 8.05. The van der Waals surface area contributed by atoms with E-state index in [4.69, 9.17) is 4.74 Å². The van der Waals surface area contributed by atoms with E-state index in [0.717, 1.165) is 25.3 Å². The van der Waals surface area contributed by atoms with Gasteiger partial charge in [-0.25, -0.2) is 0 Å². The Hall–Kier alpha value is -0.420. The molecule has 2 bridgehead atoms. The maximum Gasteiger partial charge on any atom is 0.0900 e. The van der Waals surface area contributed by atoms with Crippen molar-refractivity contribution in [3.8, 4) is 0 Å². The lowest BCUT2D eigenvalue weighted by Gasteiger charge is -2.56. The van der Waals surface area contributed by atoms with Gasteiger partial charge in [0.1, 0.15) is 0 Å². The summed E-state index contributed by atoms with van der Waals surface area (Å²) in [7, 11) is 0. The second kappa shape index (κ2) is 6.60. The Balaban J connectivity index is 1.37. The zero-order valence-electron chi connectivity index (χ0n) is 14.0. The third-order valence-corrected chi connectivity index (χ3v) is 6.11. The van der Waals surface area contributed by atoms with Crippen LogP contribution in [0.25, 0.3) is 0 Å². The first-order valence-electron chi connectivity index (χ1n) is 8.82. The third-order valence-electron chi connectivity index (χ3n) is 6.11. The van der Waals surface area contributed by atoms with Gasteiger partial charge in [0.25, 0.3) is 0 Å². The number of aliphatic hydroxyl groups is 2. The molecule has 0 amide bonds. The highest BCUT2D eigenvalue weighted by Crippen LogP contribution is 2.59. The Labute approximate surface area is 134 Å². The van der Waals surface area contributed by atoms with E-state index in [1.54, 1.807) is 0 Å². The molecule has 4 heteroatoms. The number of rotatable bonds is 6. The van der Waals surface area contributed by atoms with Crippen LogP contribution in [0.3, 0.4) is 0 Å². The maximum atomic E-state index is 10.1. The number of nitrogens with zero attached hydrogens (tertiary/aromatic N) is 1. The highest BCUT2D eigenvalue weighted by atomic mass is 16.5. The molecule has 1 saturated carbocycles. The van der Waals surface area contributed by atoms with Gasteiger partial charge in [0, 0.05) is 13.1 Å². The molecule has 126 valence electrons. The van der Waals surface area contributed by atoms with Crippen molar-refractivity contribution < 1.29 is 14.9 Å². The average molecular weight is 309 g/mol. The van der Waals surface area contributed by atoms with Gasteiger partial charge in [0.2, 0.25) is 0 Å². The number of likely N-dealkylation sites (tertiary alicyclic amines) is 1. The number of piperidine rings is 1. The Morgan fingerprint density at radius 1 is 1.45 bits per heavy atom. The van der Waals surface area contributed by atoms with Crippen molar-refractivity contribution in [3.63, 3.8) is 0 Å². The van der Waals surface area contributed by atoms with Gasteiger partial charge in [0.15, 0.2) is 0 Å². The molecule has 4 atom stereocenters. The summed E-state index contributed by atoms with van der Waals surface area (Å²) in [6.07, 6.45) is 6.07. The molecule has 1 aliphatic heterocycles. The standard InChI is InChI=1S/C18H31NO3/c1-18(2)14-6-5-13(17(18)8-14)11-22-12-16(21)10-19-7-3-4-15(20)9-19/h5,14-17,20-21H,3-4,6-12H2,1-2H3. The monoisotopic (exact) mass is 309 g/mol. The van der Waals surface area contributed by atoms with Crippen LogP contribution in [0, 0.1) is 17.3 Å². The minimum atomic E-state index is -0.461. The largest absolute Gasteiger partial charge is 0.392 e. The summed E-state index contributed by atoms with van der Waals surface area (Å²) >= 11 is 0. The Kier molecular flexibility index (Phi) is 4.93. The molecule has 0 radical (unpaired) electrons. The Morgan fingerprint density at radius 3 is 2.95 bits per heavy atom. The predicted molar refractivity (Wildman–Crippen MR) is 86.6 cm³/mol. The van der Waals surface area contributed by atoms with E-state index in [-0.39, 0.29) is 6.10 Å². The lowest BCUT2D eigenvalue weighted by molar-refractivity contribution is -0.0290. The molecule has 1 saturated heterocycles. The molecule has 1 heterocycles. The van der Waals surface area contributed by atoms with E-state index in [0.29, 0.717) is 37.6 Å². The molecule has 0 spiro atoms. The van der Waals surface area contributed by atoms with Crippen molar-refractivity contribution in [3.05, 3.63) is 11.6 Å². The van der Waals surface area contributed by atoms with Gasteiger partial charge < -0.3 is 14.9 Å². The zero-order valence-corrected chi connectivity index (χ0v) is 14.0. The molecule has 2 fully saturated rings. The maximum absolute atomic E-state index is 10.1. The Bertz CT molecular complexity index is 421. The van der Waals surface area contributed by atoms with E-state index < -0.39 is 6.10 Å². The molecule has 0 aromatic carbocycles. The van der Waals surface area contributed by atoms with Crippen LogP contribution in [-0.4, -0.2) is 60.2 Å². The van der Waals surface area contributed by atoms with Gasteiger partial charge in [-0.3, -0.25) is 4.90 Å². The number of fused-ring (bicyclic) bond motifs is 1. The summed E-state index contributed by atoms with van der Waals surface area (Å²) < 4.78 is 5.78. The zero-order chi connectivity index (χ0) is 15.7. The van der Waals surface area contributed by atoms with E-state index >= 15 is 0 Å². The van der Waals surface area contributed by atoms with Crippen LogP contribution < -0.4 is 0 Å². The van der Waals surface area contributed by atoms with Gasteiger partial charge in [-0.2, -0.15) is 0 Å². The minimum Gasteiger partial charge on any atom is -0.392 e. The average Bonchev–Trinajstić information content (AvgIpc) is 2.47. The summed E-state index contributed by atoms with van der Waals surface area (Å²) in [6, 6.07) is 0. The molecule has 0 aromatic heterocycles. The van der Waals surface area contributed by atoms with Crippen LogP contribution in [0.2, 0.25) is 0 Å². The Morgan fingerprint density at radius 2 is 2.27 bits per heavy atom. The topological polar surface area (TPSA) is 52.9 Å². The summed E-state index contributed by atoms with van der Waals surface area (Å²) in [5.74, 6) is 1.54. The van der Waals surface area contributed by atoms with Gasteiger partial charge in [-0.05, 0) is 55.1 Å². The lowest BCUT2D eigenvalue weighted by atomic mass is 9.49. The third kappa shape index (κ3) is 3.40. The minimum absolute atomic E-state index is 0.233. The fourth-order valence-electron chi connectivity index (χ4n) is 4.50. The highest BCUT2D eigenvalue weighted by molar-refractivity contribution is 5.23. The van der Waals surface area contributed by atoms with Crippen molar-refractivity contribution in [1.82, 2.24) is 4.90 Å². The van der Waals surface area contributed by atoms with Crippen molar-refractivity contribution in [2.45, 2.75) is 51.7 Å². The fraction of sp³-hybridized carbons (Fsp3) is 0.889. The first-order valence-corrected chi connectivity index (χ1v) is 8.82. The van der Waals surface area contributed by atoms with Gasteiger partial charge in [-0.1, -0.05) is 19.9 Å². The summed E-state index contributed by atoms with van der Waals surface area (Å²) in [4.78, 5) is 2.14. The van der Waals surface area contributed by atoms with Crippen molar-refractivity contribution in [1.29, 1.82) is 0 Å². The first kappa shape index (κ1) is 16.4. The number of β-amino-alcohol motifs (C(OH)–C–C–N with tert-alkyl or cyclic N) is 2. The van der Waals surface area contributed by atoms with Crippen LogP contribution in [0.1, 0.15) is 39.5 Å². The van der Waals surface area contributed by atoms with Gasteiger partial charge >= 0.3 is 0 Å². The lowest BCUT2D eigenvalue weighted by Crippen LogP contribution is -2.48. The van der Waals surface area contributed by atoms with Gasteiger partial charge in [-0.15, -0.1) is 0 Å². The van der Waals surface area contributed by atoms with Crippen molar-refractivity contribution in [2.75, 3.05) is 32.8 Å².